The van der Waals surface area contributed by atoms with Crippen LogP contribution in [0, 0.1) is 0 Å². The van der Waals surface area contributed by atoms with Gasteiger partial charge in [-0.25, -0.2) is 0 Å². The zero-order valence-electron chi connectivity index (χ0n) is 15.1. The number of piperidine rings is 1. The minimum Gasteiger partial charge on any atom is -0.466 e. The summed E-state index contributed by atoms with van der Waals surface area (Å²) in [5.74, 6) is 0.674. The Labute approximate surface area is 141 Å². The molecule has 0 aromatic rings. The van der Waals surface area contributed by atoms with E-state index < -0.39 is 0 Å². The van der Waals surface area contributed by atoms with Crippen LogP contribution in [0.2, 0.25) is 0 Å². The zero-order valence-corrected chi connectivity index (χ0v) is 15.1. The van der Waals surface area contributed by atoms with Crippen molar-refractivity contribution >= 4 is 11.9 Å². The van der Waals surface area contributed by atoms with Gasteiger partial charge in [0.2, 0.25) is 0 Å². The van der Waals surface area contributed by atoms with Crippen LogP contribution in [-0.2, 0) is 9.53 Å². The van der Waals surface area contributed by atoms with Gasteiger partial charge in [0.05, 0.1) is 6.61 Å². The Bertz CT molecular complexity index is 361. The van der Waals surface area contributed by atoms with Crippen molar-refractivity contribution in [2.75, 3.05) is 39.8 Å². The fourth-order valence-electron chi connectivity index (χ4n) is 2.87. The van der Waals surface area contributed by atoms with E-state index in [0.29, 0.717) is 13.0 Å². The number of nitrogens with zero attached hydrogens (tertiary/aromatic N) is 2. The van der Waals surface area contributed by atoms with E-state index in [2.05, 4.69) is 27.4 Å². The van der Waals surface area contributed by atoms with Gasteiger partial charge in [-0.05, 0) is 46.1 Å². The van der Waals surface area contributed by atoms with Crippen molar-refractivity contribution in [3.8, 4) is 0 Å². The highest BCUT2D eigenvalue weighted by Gasteiger charge is 2.17. The second kappa shape index (κ2) is 12.2. The summed E-state index contributed by atoms with van der Waals surface area (Å²) >= 11 is 0. The SMILES string of the molecule is CCOC(=O)CCCNC(=NC)NCCCN1CCCCC1C. The Morgan fingerprint density at radius 1 is 1.26 bits per heavy atom. The molecule has 1 fully saturated rings. The number of aliphatic imine (C=N–C) groups is 1. The molecule has 1 heterocycles. The van der Waals surface area contributed by atoms with Gasteiger partial charge in [-0.3, -0.25) is 9.79 Å². The van der Waals surface area contributed by atoms with Crippen LogP contribution in [0.1, 0.15) is 52.4 Å². The van der Waals surface area contributed by atoms with Gasteiger partial charge in [-0.1, -0.05) is 6.42 Å². The molecule has 0 aromatic heterocycles. The maximum atomic E-state index is 11.2. The summed E-state index contributed by atoms with van der Waals surface area (Å²) in [6.07, 6.45) is 6.36. The van der Waals surface area contributed by atoms with Crippen LogP contribution in [0.25, 0.3) is 0 Å². The van der Waals surface area contributed by atoms with E-state index >= 15 is 0 Å². The maximum Gasteiger partial charge on any atom is 0.305 e. The molecule has 6 nitrogen and oxygen atoms in total. The van der Waals surface area contributed by atoms with Gasteiger partial charge in [0, 0.05) is 39.1 Å². The standard InChI is InChI=1S/C17H34N4O2/c1-4-23-16(22)10-7-11-19-17(18-3)20-12-8-14-21-13-6-5-9-15(21)2/h15H,4-14H2,1-3H3,(H2,18,19,20). The fraction of sp³-hybridized carbons (Fsp3) is 0.882. The van der Waals surface area contributed by atoms with Crippen LogP contribution in [0.15, 0.2) is 4.99 Å². The molecule has 23 heavy (non-hydrogen) atoms. The number of ether oxygens (including phenoxy) is 1. The fourth-order valence-corrected chi connectivity index (χ4v) is 2.87. The lowest BCUT2D eigenvalue weighted by atomic mass is 10.0. The van der Waals surface area contributed by atoms with Crippen LogP contribution in [0.4, 0.5) is 0 Å². The first-order valence-corrected chi connectivity index (χ1v) is 9.01. The Morgan fingerprint density at radius 3 is 2.65 bits per heavy atom. The summed E-state index contributed by atoms with van der Waals surface area (Å²) in [6, 6.07) is 0.726. The van der Waals surface area contributed by atoms with E-state index in [1.165, 1.54) is 25.8 Å². The molecule has 1 atom stereocenters. The highest BCUT2D eigenvalue weighted by atomic mass is 16.5. The number of hydrogen-bond acceptors (Lipinski definition) is 4. The molecule has 1 unspecified atom stereocenters. The maximum absolute atomic E-state index is 11.2. The summed E-state index contributed by atoms with van der Waals surface area (Å²) in [7, 11) is 1.77. The molecule has 0 aromatic carbocycles. The van der Waals surface area contributed by atoms with E-state index in [0.717, 1.165) is 44.5 Å². The quantitative estimate of drug-likeness (QED) is 0.292. The van der Waals surface area contributed by atoms with Gasteiger partial charge < -0.3 is 20.3 Å². The van der Waals surface area contributed by atoms with Crippen molar-refractivity contribution in [2.24, 2.45) is 4.99 Å². The molecule has 2 N–H and O–H groups in total. The third kappa shape index (κ3) is 8.79. The number of carbonyl (C=O) groups excluding carboxylic acids is 1. The number of likely N-dealkylation sites (tertiary alicyclic amines) is 1. The van der Waals surface area contributed by atoms with Crippen molar-refractivity contribution < 1.29 is 9.53 Å². The van der Waals surface area contributed by atoms with Crippen LogP contribution in [-0.4, -0.2) is 62.7 Å². The van der Waals surface area contributed by atoms with Gasteiger partial charge in [0.1, 0.15) is 0 Å². The van der Waals surface area contributed by atoms with Gasteiger partial charge >= 0.3 is 5.97 Å². The average Bonchev–Trinajstić information content (AvgIpc) is 2.55. The number of nitrogens with one attached hydrogen (secondary N) is 2. The topological polar surface area (TPSA) is 66.0 Å². The van der Waals surface area contributed by atoms with Crippen molar-refractivity contribution in [3.63, 3.8) is 0 Å². The van der Waals surface area contributed by atoms with Gasteiger partial charge in [-0.15, -0.1) is 0 Å². The molecule has 1 aliphatic rings. The molecular weight excluding hydrogens is 292 g/mol. The van der Waals surface area contributed by atoms with E-state index in [1.807, 2.05) is 6.92 Å². The van der Waals surface area contributed by atoms with Crippen LogP contribution in [0.5, 0.6) is 0 Å². The number of hydrogen-bond donors (Lipinski definition) is 2. The number of guanidine groups is 1. The Morgan fingerprint density at radius 2 is 2.00 bits per heavy atom. The summed E-state index contributed by atoms with van der Waals surface area (Å²) < 4.78 is 4.90. The minimum absolute atomic E-state index is 0.132. The lowest BCUT2D eigenvalue weighted by Gasteiger charge is -2.33. The normalized spacial score (nSPS) is 19.4. The summed E-state index contributed by atoms with van der Waals surface area (Å²) in [5, 5.41) is 6.56. The lowest BCUT2D eigenvalue weighted by Crippen LogP contribution is -2.41. The van der Waals surface area contributed by atoms with Gasteiger partial charge in [0.15, 0.2) is 5.96 Å². The predicted octanol–water partition coefficient (Wildman–Crippen LogP) is 1.76. The molecule has 0 spiro atoms. The van der Waals surface area contributed by atoms with E-state index in [-0.39, 0.29) is 5.97 Å². The van der Waals surface area contributed by atoms with Crippen LogP contribution in [0.3, 0.4) is 0 Å². The Hall–Kier alpha value is -1.30. The third-order valence-electron chi connectivity index (χ3n) is 4.23. The Kier molecular flexibility index (Phi) is 10.4. The zero-order chi connectivity index (χ0) is 16.9. The first kappa shape index (κ1) is 19.7. The van der Waals surface area contributed by atoms with Crippen molar-refractivity contribution in [3.05, 3.63) is 0 Å². The molecule has 1 saturated heterocycles. The molecular formula is C17H34N4O2. The second-order valence-electron chi connectivity index (χ2n) is 6.07. The van der Waals surface area contributed by atoms with Crippen molar-refractivity contribution in [2.45, 2.75) is 58.4 Å². The lowest BCUT2D eigenvalue weighted by molar-refractivity contribution is -0.143. The summed E-state index contributed by atoms with van der Waals surface area (Å²) in [6.45, 7) is 8.63. The Balaban J connectivity index is 2.06. The van der Waals surface area contributed by atoms with Crippen molar-refractivity contribution in [1.29, 1.82) is 0 Å². The molecule has 0 bridgehead atoms. The first-order chi connectivity index (χ1) is 11.2. The highest BCUT2D eigenvalue weighted by molar-refractivity contribution is 5.79. The average molecular weight is 326 g/mol. The monoisotopic (exact) mass is 326 g/mol. The molecule has 134 valence electrons. The highest BCUT2D eigenvalue weighted by Crippen LogP contribution is 2.15. The number of esters is 1. The molecule has 0 aliphatic carbocycles. The number of carbonyl (C=O) groups is 1. The van der Waals surface area contributed by atoms with Crippen LogP contribution >= 0.6 is 0 Å². The van der Waals surface area contributed by atoms with E-state index in [1.54, 1.807) is 7.05 Å². The summed E-state index contributed by atoms with van der Waals surface area (Å²) in [4.78, 5) is 18.0. The minimum atomic E-state index is -0.132. The van der Waals surface area contributed by atoms with Gasteiger partial charge in [-0.2, -0.15) is 0 Å². The van der Waals surface area contributed by atoms with Gasteiger partial charge in [0.25, 0.3) is 0 Å². The van der Waals surface area contributed by atoms with Crippen molar-refractivity contribution in [1.82, 2.24) is 15.5 Å². The molecule has 1 rings (SSSR count). The molecule has 0 radical (unpaired) electrons. The predicted molar refractivity (Wildman–Crippen MR) is 94.7 cm³/mol. The van der Waals surface area contributed by atoms with E-state index in [9.17, 15) is 4.79 Å². The van der Waals surface area contributed by atoms with E-state index in [4.69, 9.17) is 4.74 Å². The largest absolute Gasteiger partial charge is 0.466 e. The summed E-state index contributed by atoms with van der Waals surface area (Å²) in [5.41, 5.74) is 0. The van der Waals surface area contributed by atoms with Crippen LogP contribution < -0.4 is 10.6 Å². The molecule has 0 amide bonds. The molecule has 0 saturated carbocycles. The number of rotatable bonds is 9. The molecule has 6 heteroatoms. The second-order valence-corrected chi connectivity index (χ2v) is 6.07. The molecule has 1 aliphatic heterocycles. The smallest absolute Gasteiger partial charge is 0.305 e. The third-order valence-corrected chi connectivity index (χ3v) is 4.23. The first-order valence-electron chi connectivity index (χ1n) is 9.01.